The van der Waals surface area contributed by atoms with Crippen LogP contribution >= 0.6 is 35.6 Å². The molecule has 1 atom stereocenters. The van der Waals surface area contributed by atoms with Gasteiger partial charge in [-0.05, 0) is 43.7 Å². The lowest BCUT2D eigenvalue weighted by Crippen LogP contribution is -2.32. The molecule has 26 heavy (non-hydrogen) atoms. The van der Waals surface area contributed by atoms with E-state index in [1.165, 1.54) is 16.7 Å². The van der Waals surface area contributed by atoms with Crippen LogP contribution in [0.4, 0.5) is 11.4 Å². The summed E-state index contributed by atoms with van der Waals surface area (Å²) in [4.78, 5) is 26.5. The molecule has 1 unspecified atom stereocenters. The topological polar surface area (TPSA) is 49.4 Å². The molecular formula is C19H17ClN2O2S2. The smallest absolute Gasteiger partial charge is 0.246 e. The highest BCUT2D eigenvalue weighted by molar-refractivity contribution is 8.25. The van der Waals surface area contributed by atoms with Gasteiger partial charge in [-0.15, -0.1) is 0 Å². The molecule has 1 fully saturated rings. The minimum atomic E-state index is -0.523. The highest BCUT2D eigenvalue weighted by Gasteiger charge is 2.39. The van der Waals surface area contributed by atoms with Gasteiger partial charge in [0.1, 0.15) is 9.57 Å². The summed E-state index contributed by atoms with van der Waals surface area (Å²) in [6, 6.07) is 12.9. The summed E-state index contributed by atoms with van der Waals surface area (Å²) in [6.45, 7) is 3.87. The summed E-state index contributed by atoms with van der Waals surface area (Å²) in [7, 11) is 0. The maximum atomic E-state index is 12.7. The molecule has 3 rings (SSSR count). The fourth-order valence-corrected chi connectivity index (χ4v) is 4.27. The molecule has 1 aliphatic heterocycles. The SMILES string of the molecule is Cc1ccc(N2C(=O)C(CC(=O)Nc3ccc(C)c(Cl)c3)SC2=S)cc1. The van der Waals surface area contributed by atoms with E-state index in [0.717, 1.165) is 16.8 Å². The van der Waals surface area contributed by atoms with Gasteiger partial charge in [0.25, 0.3) is 0 Å². The average molecular weight is 405 g/mol. The fraction of sp³-hybridized carbons (Fsp3) is 0.211. The van der Waals surface area contributed by atoms with Crippen molar-refractivity contribution in [1.82, 2.24) is 0 Å². The molecule has 2 amide bonds. The lowest BCUT2D eigenvalue weighted by molar-refractivity contribution is -0.121. The third-order valence-corrected chi connectivity index (χ3v) is 5.96. The van der Waals surface area contributed by atoms with E-state index in [1.807, 2.05) is 44.2 Å². The first-order valence-electron chi connectivity index (χ1n) is 8.02. The number of nitrogens with one attached hydrogen (secondary N) is 1. The maximum Gasteiger partial charge on any atom is 0.246 e. The third-order valence-electron chi connectivity index (χ3n) is 4.04. The molecule has 1 heterocycles. The van der Waals surface area contributed by atoms with Crippen molar-refractivity contribution in [3.05, 3.63) is 58.6 Å². The van der Waals surface area contributed by atoms with Gasteiger partial charge in [-0.25, -0.2) is 0 Å². The predicted molar refractivity (Wildman–Crippen MR) is 112 cm³/mol. The summed E-state index contributed by atoms with van der Waals surface area (Å²) < 4.78 is 0.468. The van der Waals surface area contributed by atoms with Gasteiger partial charge < -0.3 is 5.32 Å². The summed E-state index contributed by atoms with van der Waals surface area (Å²) in [5.74, 6) is -0.412. The highest BCUT2D eigenvalue weighted by Crippen LogP contribution is 2.34. The van der Waals surface area contributed by atoms with Crippen LogP contribution in [0.5, 0.6) is 0 Å². The van der Waals surface area contributed by atoms with E-state index >= 15 is 0 Å². The molecule has 0 saturated carbocycles. The second kappa shape index (κ2) is 7.78. The van der Waals surface area contributed by atoms with Gasteiger partial charge in [-0.1, -0.05) is 59.3 Å². The molecule has 1 saturated heterocycles. The largest absolute Gasteiger partial charge is 0.326 e. The molecule has 134 valence electrons. The molecule has 0 spiro atoms. The first kappa shape index (κ1) is 18.9. The zero-order valence-corrected chi connectivity index (χ0v) is 16.7. The molecule has 0 radical (unpaired) electrons. The number of hydrogen-bond acceptors (Lipinski definition) is 4. The van der Waals surface area contributed by atoms with Gasteiger partial charge in [0.2, 0.25) is 11.8 Å². The number of rotatable bonds is 4. The van der Waals surface area contributed by atoms with E-state index in [1.54, 1.807) is 12.1 Å². The molecule has 7 heteroatoms. The Balaban J connectivity index is 1.67. The Morgan fingerprint density at radius 2 is 1.92 bits per heavy atom. The molecular weight excluding hydrogens is 388 g/mol. The standard InChI is InChI=1S/C19H17ClN2O2S2/c1-11-3-7-14(8-4-11)22-18(24)16(26-19(22)25)10-17(23)21-13-6-5-12(2)15(20)9-13/h3-9,16H,10H2,1-2H3,(H,21,23). The first-order chi connectivity index (χ1) is 12.3. The van der Waals surface area contributed by atoms with Gasteiger partial charge in [0, 0.05) is 17.1 Å². The normalized spacial score (nSPS) is 16.9. The van der Waals surface area contributed by atoms with Crippen LogP contribution in [-0.4, -0.2) is 21.4 Å². The molecule has 1 aliphatic rings. The number of hydrogen-bond donors (Lipinski definition) is 1. The third kappa shape index (κ3) is 4.09. The Morgan fingerprint density at radius 1 is 1.23 bits per heavy atom. The Hall–Kier alpha value is -1.89. The minimum Gasteiger partial charge on any atom is -0.326 e. The molecule has 2 aromatic rings. The van der Waals surface area contributed by atoms with E-state index < -0.39 is 5.25 Å². The first-order valence-corrected chi connectivity index (χ1v) is 9.69. The van der Waals surface area contributed by atoms with E-state index in [-0.39, 0.29) is 18.2 Å². The van der Waals surface area contributed by atoms with Gasteiger partial charge in [-0.2, -0.15) is 0 Å². The molecule has 4 nitrogen and oxygen atoms in total. The molecule has 2 aromatic carbocycles. The van der Waals surface area contributed by atoms with Crippen LogP contribution in [0.3, 0.4) is 0 Å². The van der Waals surface area contributed by atoms with Gasteiger partial charge in [0.15, 0.2) is 0 Å². The highest BCUT2D eigenvalue weighted by atomic mass is 35.5. The van der Waals surface area contributed by atoms with Crippen LogP contribution in [0, 0.1) is 13.8 Å². The number of thioether (sulfide) groups is 1. The van der Waals surface area contributed by atoms with Crippen molar-refractivity contribution < 1.29 is 9.59 Å². The second-order valence-electron chi connectivity index (χ2n) is 6.10. The fourth-order valence-electron chi connectivity index (χ4n) is 2.57. The second-order valence-corrected chi connectivity index (χ2v) is 8.34. The van der Waals surface area contributed by atoms with E-state index in [2.05, 4.69) is 5.32 Å². The molecule has 1 N–H and O–H groups in total. The number of amides is 2. The zero-order valence-electron chi connectivity index (χ0n) is 14.3. The number of carbonyl (C=O) groups is 2. The number of carbonyl (C=O) groups excluding carboxylic acids is 2. The Bertz CT molecular complexity index is 884. The van der Waals surface area contributed by atoms with Crippen LogP contribution in [0.15, 0.2) is 42.5 Å². The minimum absolute atomic E-state index is 0.0531. The quantitative estimate of drug-likeness (QED) is 0.749. The number of benzene rings is 2. The van der Waals surface area contributed by atoms with E-state index in [0.29, 0.717) is 15.0 Å². The van der Waals surface area contributed by atoms with Crippen LogP contribution in [0.2, 0.25) is 5.02 Å². The Labute approximate surface area is 166 Å². The Kier molecular flexibility index (Phi) is 5.65. The van der Waals surface area contributed by atoms with Crippen molar-refractivity contribution in [1.29, 1.82) is 0 Å². The summed E-state index contributed by atoms with van der Waals surface area (Å²) in [6.07, 6.45) is 0.0531. The van der Waals surface area contributed by atoms with Crippen molar-refractivity contribution in [2.75, 3.05) is 10.2 Å². The van der Waals surface area contributed by atoms with Crippen molar-refractivity contribution in [3.63, 3.8) is 0 Å². The molecule has 0 aliphatic carbocycles. The van der Waals surface area contributed by atoms with Crippen LogP contribution in [0.25, 0.3) is 0 Å². The number of thiocarbonyl (C=S) groups is 1. The van der Waals surface area contributed by atoms with Gasteiger partial charge >= 0.3 is 0 Å². The lowest BCUT2D eigenvalue weighted by atomic mass is 10.2. The van der Waals surface area contributed by atoms with Crippen LogP contribution in [-0.2, 0) is 9.59 Å². The Morgan fingerprint density at radius 3 is 2.58 bits per heavy atom. The van der Waals surface area contributed by atoms with E-state index in [4.69, 9.17) is 23.8 Å². The van der Waals surface area contributed by atoms with Crippen molar-refractivity contribution in [3.8, 4) is 0 Å². The zero-order chi connectivity index (χ0) is 18.8. The van der Waals surface area contributed by atoms with Gasteiger partial charge in [0.05, 0.1) is 5.69 Å². The van der Waals surface area contributed by atoms with Crippen LogP contribution < -0.4 is 10.2 Å². The monoisotopic (exact) mass is 404 g/mol. The number of halogens is 1. The van der Waals surface area contributed by atoms with Crippen molar-refractivity contribution in [2.24, 2.45) is 0 Å². The number of nitrogens with zero attached hydrogens (tertiary/aromatic N) is 1. The van der Waals surface area contributed by atoms with E-state index in [9.17, 15) is 9.59 Å². The lowest BCUT2D eigenvalue weighted by Gasteiger charge is -2.15. The summed E-state index contributed by atoms with van der Waals surface area (Å²) in [5, 5.41) is 2.84. The predicted octanol–water partition coefficient (Wildman–Crippen LogP) is 4.72. The number of aryl methyl sites for hydroxylation is 2. The van der Waals surface area contributed by atoms with Crippen molar-refractivity contribution in [2.45, 2.75) is 25.5 Å². The van der Waals surface area contributed by atoms with Crippen LogP contribution in [0.1, 0.15) is 17.5 Å². The average Bonchev–Trinajstić information content (AvgIpc) is 2.86. The molecule has 0 aromatic heterocycles. The van der Waals surface area contributed by atoms with Gasteiger partial charge in [-0.3, -0.25) is 14.5 Å². The van der Waals surface area contributed by atoms with Crippen molar-refractivity contribution >= 4 is 63.1 Å². The maximum absolute atomic E-state index is 12.7. The molecule has 0 bridgehead atoms. The summed E-state index contributed by atoms with van der Waals surface area (Å²) >= 11 is 12.7. The summed E-state index contributed by atoms with van der Waals surface area (Å²) in [5.41, 5.74) is 3.38. The number of anilines is 2.